The van der Waals surface area contributed by atoms with Crippen LogP contribution in [0.4, 0.5) is 10.8 Å². The van der Waals surface area contributed by atoms with Gasteiger partial charge in [-0.05, 0) is 0 Å². The van der Waals surface area contributed by atoms with Crippen LogP contribution in [0.25, 0.3) is 0 Å². The van der Waals surface area contributed by atoms with Gasteiger partial charge in [-0.25, -0.2) is 4.79 Å². The van der Waals surface area contributed by atoms with Gasteiger partial charge in [0.25, 0.3) is 0 Å². The number of nitrogens with one attached hydrogen (secondary N) is 1. The Hall–Kier alpha value is -1.79. The summed E-state index contributed by atoms with van der Waals surface area (Å²) in [6.45, 7) is 4.15. The molecule has 1 aromatic heterocycles. The van der Waals surface area contributed by atoms with Gasteiger partial charge < -0.3 is 19.5 Å². The van der Waals surface area contributed by atoms with E-state index in [4.69, 9.17) is 4.42 Å². The van der Waals surface area contributed by atoms with Crippen LogP contribution in [-0.4, -0.2) is 53.3 Å². The maximum absolute atomic E-state index is 11.4. The molecular formula is C10H15N5O2. The Balaban J connectivity index is 1.70. The van der Waals surface area contributed by atoms with Gasteiger partial charge in [0, 0.05) is 33.1 Å². The standard InChI is InChI=1S/C10H15N5O2/c1-3-7-12-13-9(17-7)15-5-10(6-15)4-11-8(16)14(10)2/h3-6H2,1-2H3,(H,11,16). The van der Waals surface area contributed by atoms with Crippen molar-refractivity contribution in [2.75, 3.05) is 31.6 Å². The van der Waals surface area contributed by atoms with E-state index in [1.54, 1.807) is 4.90 Å². The van der Waals surface area contributed by atoms with E-state index in [1.165, 1.54) is 0 Å². The smallest absolute Gasteiger partial charge is 0.318 e. The molecule has 2 fully saturated rings. The van der Waals surface area contributed by atoms with Gasteiger partial charge in [-0.1, -0.05) is 12.0 Å². The number of hydrogen-bond donors (Lipinski definition) is 1. The Morgan fingerprint density at radius 3 is 2.76 bits per heavy atom. The summed E-state index contributed by atoms with van der Waals surface area (Å²) < 4.78 is 5.48. The van der Waals surface area contributed by atoms with Gasteiger partial charge in [-0.2, -0.15) is 0 Å². The molecule has 3 heterocycles. The average molecular weight is 237 g/mol. The molecule has 0 radical (unpaired) electrons. The van der Waals surface area contributed by atoms with Crippen molar-refractivity contribution in [2.24, 2.45) is 0 Å². The number of urea groups is 1. The molecule has 92 valence electrons. The van der Waals surface area contributed by atoms with Gasteiger partial charge in [0.05, 0.1) is 5.54 Å². The second-order valence-corrected chi connectivity index (χ2v) is 4.63. The summed E-state index contributed by atoms with van der Waals surface area (Å²) in [6.07, 6.45) is 0.742. The Bertz CT molecular complexity index is 451. The van der Waals surface area contributed by atoms with E-state index in [2.05, 4.69) is 15.5 Å². The first kappa shape index (κ1) is 10.4. The predicted molar refractivity (Wildman–Crippen MR) is 59.8 cm³/mol. The lowest BCUT2D eigenvalue weighted by Gasteiger charge is -2.49. The van der Waals surface area contributed by atoms with Crippen LogP contribution in [0.15, 0.2) is 4.42 Å². The number of aromatic nitrogens is 2. The zero-order chi connectivity index (χ0) is 12.0. The van der Waals surface area contributed by atoms with Crippen molar-refractivity contribution in [3.63, 3.8) is 0 Å². The van der Waals surface area contributed by atoms with Crippen LogP contribution in [0.2, 0.25) is 0 Å². The molecule has 1 aromatic rings. The lowest BCUT2D eigenvalue weighted by Crippen LogP contribution is -2.69. The Morgan fingerprint density at radius 1 is 1.47 bits per heavy atom. The molecule has 1 spiro atoms. The summed E-state index contributed by atoms with van der Waals surface area (Å²) in [7, 11) is 1.82. The van der Waals surface area contributed by atoms with Crippen molar-refractivity contribution in [1.82, 2.24) is 20.4 Å². The van der Waals surface area contributed by atoms with Crippen LogP contribution >= 0.6 is 0 Å². The summed E-state index contributed by atoms with van der Waals surface area (Å²) in [5.74, 6) is 0.648. The molecule has 7 heteroatoms. The van der Waals surface area contributed by atoms with Gasteiger partial charge >= 0.3 is 12.0 Å². The fourth-order valence-corrected chi connectivity index (χ4v) is 2.33. The monoisotopic (exact) mass is 237 g/mol. The van der Waals surface area contributed by atoms with Crippen molar-refractivity contribution in [2.45, 2.75) is 18.9 Å². The van der Waals surface area contributed by atoms with Gasteiger partial charge in [0.15, 0.2) is 0 Å². The lowest BCUT2D eigenvalue weighted by atomic mass is 9.90. The predicted octanol–water partition coefficient (Wildman–Crippen LogP) is -0.154. The van der Waals surface area contributed by atoms with Crippen LogP contribution in [0.3, 0.4) is 0 Å². The van der Waals surface area contributed by atoms with Gasteiger partial charge in [-0.3, -0.25) is 0 Å². The first-order valence-corrected chi connectivity index (χ1v) is 5.73. The van der Waals surface area contributed by atoms with E-state index in [9.17, 15) is 4.79 Å². The summed E-state index contributed by atoms with van der Waals surface area (Å²) >= 11 is 0. The van der Waals surface area contributed by atoms with Gasteiger partial charge in [0.1, 0.15) is 0 Å². The Labute approximate surface area is 98.8 Å². The summed E-state index contributed by atoms with van der Waals surface area (Å²) in [6, 6.07) is 0.546. The van der Waals surface area contributed by atoms with E-state index in [0.717, 1.165) is 19.5 Å². The van der Waals surface area contributed by atoms with E-state index in [0.29, 0.717) is 18.5 Å². The molecule has 0 bridgehead atoms. The van der Waals surface area contributed by atoms with Crippen molar-refractivity contribution in [3.05, 3.63) is 5.89 Å². The zero-order valence-corrected chi connectivity index (χ0v) is 9.93. The number of rotatable bonds is 2. The number of carbonyl (C=O) groups excluding carboxylic acids is 1. The number of nitrogens with zero attached hydrogens (tertiary/aromatic N) is 4. The molecule has 1 N–H and O–H groups in total. The molecule has 0 aromatic carbocycles. The second-order valence-electron chi connectivity index (χ2n) is 4.63. The molecule has 2 amide bonds. The highest BCUT2D eigenvalue weighted by Crippen LogP contribution is 2.33. The number of hydrogen-bond acceptors (Lipinski definition) is 5. The quantitative estimate of drug-likeness (QED) is 0.774. The summed E-state index contributed by atoms with van der Waals surface area (Å²) in [4.78, 5) is 15.2. The highest BCUT2D eigenvalue weighted by atomic mass is 16.4. The van der Waals surface area contributed by atoms with Crippen molar-refractivity contribution < 1.29 is 9.21 Å². The molecule has 17 heavy (non-hydrogen) atoms. The molecule has 2 aliphatic rings. The third kappa shape index (κ3) is 1.38. The van der Waals surface area contributed by atoms with E-state index >= 15 is 0 Å². The fourth-order valence-electron chi connectivity index (χ4n) is 2.33. The number of aryl methyl sites for hydroxylation is 1. The molecule has 0 unspecified atom stereocenters. The molecule has 2 saturated heterocycles. The summed E-state index contributed by atoms with van der Waals surface area (Å²) in [5.41, 5.74) is -0.0993. The maximum atomic E-state index is 11.4. The van der Waals surface area contributed by atoms with Gasteiger partial charge in [0.2, 0.25) is 5.89 Å². The number of anilines is 1. The third-order valence-corrected chi connectivity index (χ3v) is 3.58. The fraction of sp³-hybridized carbons (Fsp3) is 0.700. The molecule has 2 aliphatic heterocycles. The third-order valence-electron chi connectivity index (χ3n) is 3.58. The zero-order valence-electron chi connectivity index (χ0n) is 9.93. The van der Waals surface area contributed by atoms with Crippen molar-refractivity contribution in [3.8, 4) is 0 Å². The Kier molecular flexibility index (Phi) is 2.04. The average Bonchev–Trinajstić information content (AvgIpc) is 2.84. The Morgan fingerprint density at radius 2 is 2.24 bits per heavy atom. The number of carbonyl (C=O) groups is 1. The molecule has 0 aliphatic carbocycles. The molecule has 3 rings (SSSR count). The first-order chi connectivity index (χ1) is 8.14. The minimum Gasteiger partial charge on any atom is -0.408 e. The van der Waals surface area contributed by atoms with E-state index in [-0.39, 0.29) is 11.6 Å². The molecule has 0 atom stereocenters. The largest absolute Gasteiger partial charge is 0.408 e. The minimum atomic E-state index is -0.0993. The maximum Gasteiger partial charge on any atom is 0.318 e. The van der Waals surface area contributed by atoms with Crippen LogP contribution in [-0.2, 0) is 6.42 Å². The second kappa shape index (κ2) is 3.35. The number of likely N-dealkylation sites (N-methyl/N-ethyl adjacent to an activating group) is 1. The highest BCUT2D eigenvalue weighted by Gasteiger charge is 2.53. The molecular weight excluding hydrogens is 222 g/mol. The van der Waals surface area contributed by atoms with Gasteiger partial charge in [-0.15, -0.1) is 5.10 Å². The minimum absolute atomic E-state index is 0.00979. The topological polar surface area (TPSA) is 74.5 Å². The van der Waals surface area contributed by atoms with E-state index in [1.807, 2.05) is 18.9 Å². The van der Waals surface area contributed by atoms with E-state index < -0.39 is 0 Å². The van der Waals surface area contributed by atoms with Crippen molar-refractivity contribution >= 4 is 12.0 Å². The normalized spacial score (nSPS) is 21.9. The van der Waals surface area contributed by atoms with Crippen LogP contribution in [0.1, 0.15) is 12.8 Å². The first-order valence-electron chi connectivity index (χ1n) is 5.73. The molecule has 0 saturated carbocycles. The summed E-state index contributed by atoms with van der Waals surface area (Å²) in [5, 5.41) is 10.8. The molecule has 7 nitrogen and oxygen atoms in total. The number of amides is 2. The van der Waals surface area contributed by atoms with Crippen LogP contribution in [0, 0.1) is 0 Å². The van der Waals surface area contributed by atoms with Crippen LogP contribution < -0.4 is 10.2 Å². The highest BCUT2D eigenvalue weighted by molar-refractivity contribution is 5.78. The van der Waals surface area contributed by atoms with Crippen LogP contribution in [0.5, 0.6) is 0 Å². The SMILES string of the molecule is CCc1nnc(N2CC3(CNC(=O)N3C)C2)o1. The lowest BCUT2D eigenvalue weighted by molar-refractivity contribution is 0.147. The van der Waals surface area contributed by atoms with Crippen molar-refractivity contribution in [1.29, 1.82) is 0 Å².